The SMILES string of the molecule is Cc1ncc(CNC2CCOC3(CCC3)C2)s1. The van der Waals surface area contributed by atoms with Crippen molar-refractivity contribution in [1.29, 1.82) is 0 Å². The minimum absolute atomic E-state index is 0.250. The van der Waals surface area contributed by atoms with Crippen LogP contribution in [0.2, 0.25) is 0 Å². The number of ether oxygens (including phenoxy) is 1. The van der Waals surface area contributed by atoms with Gasteiger partial charge in [-0.25, -0.2) is 4.98 Å². The summed E-state index contributed by atoms with van der Waals surface area (Å²) < 4.78 is 5.94. The molecule has 1 aliphatic heterocycles. The molecule has 1 atom stereocenters. The highest BCUT2D eigenvalue weighted by atomic mass is 32.1. The van der Waals surface area contributed by atoms with Gasteiger partial charge in [-0.1, -0.05) is 0 Å². The number of thiazole rings is 1. The largest absolute Gasteiger partial charge is 0.375 e. The topological polar surface area (TPSA) is 34.2 Å². The standard InChI is InChI=1S/C13H20N2OS/c1-10-14-8-12(17-10)9-15-11-3-6-16-13(7-11)4-2-5-13/h8,11,15H,2-7,9H2,1H3. The van der Waals surface area contributed by atoms with Crippen molar-refractivity contribution >= 4 is 11.3 Å². The van der Waals surface area contributed by atoms with E-state index in [1.807, 2.05) is 6.20 Å². The Morgan fingerprint density at radius 1 is 1.59 bits per heavy atom. The minimum Gasteiger partial charge on any atom is -0.375 e. The van der Waals surface area contributed by atoms with Crippen LogP contribution in [0.4, 0.5) is 0 Å². The Hall–Kier alpha value is -0.450. The van der Waals surface area contributed by atoms with Crippen LogP contribution in [0.1, 0.15) is 42.0 Å². The summed E-state index contributed by atoms with van der Waals surface area (Å²) in [5, 5.41) is 4.82. The van der Waals surface area contributed by atoms with Gasteiger partial charge in [0.05, 0.1) is 10.6 Å². The van der Waals surface area contributed by atoms with Gasteiger partial charge < -0.3 is 10.1 Å². The Labute approximate surface area is 107 Å². The summed E-state index contributed by atoms with van der Waals surface area (Å²) in [5.41, 5.74) is 0.250. The second-order valence-electron chi connectivity index (χ2n) is 5.30. The summed E-state index contributed by atoms with van der Waals surface area (Å²) in [6.45, 7) is 3.96. The quantitative estimate of drug-likeness (QED) is 0.898. The number of hydrogen-bond donors (Lipinski definition) is 1. The van der Waals surface area contributed by atoms with Gasteiger partial charge in [-0.3, -0.25) is 0 Å². The first-order valence-corrected chi connectivity index (χ1v) is 7.36. The number of nitrogens with one attached hydrogen (secondary N) is 1. The molecule has 1 aromatic heterocycles. The van der Waals surface area contributed by atoms with E-state index < -0.39 is 0 Å². The maximum Gasteiger partial charge on any atom is 0.0897 e. The Morgan fingerprint density at radius 3 is 3.12 bits per heavy atom. The third-order valence-corrected chi connectivity index (χ3v) is 4.90. The number of hydrogen-bond acceptors (Lipinski definition) is 4. The van der Waals surface area contributed by atoms with Gasteiger partial charge in [0, 0.05) is 30.3 Å². The monoisotopic (exact) mass is 252 g/mol. The van der Waals surface area contributed by atoms with E-state index >= 15 is 0 Å². The van der Waals surface area contributed by atoms with E-state index in [-0.39, 0.29) is 5.60 Å². The zero-order valence-corrected chi connectivity index (χ0v) is 11.2. The smallest absolute Gasteiger partial charge is 0.0897 e. The molecule has 2 aliphatic rings. The fourth-order valence-electron chi connectivity index (χ4n) is 2.85. The van der Waals surface area contributed by atoms with Gasteiger partial charge in [0.15, 0.2) is 0 Å². The fraction of sp³-hybridized carbons (Fsp3) is 0.769. The summed E-state index contributed by atoms with van der Waals surface area (Å²) in [6.07, 6.45) is 8.23. The molecule has 0 bridgehead atoms. The zero-order valence-electron chi connectivity index (χ0n) is 10.4. The molecule has 4 heteroatoms. The summed E-state index contributed by atoms with van der Waals surface area (Å²) in [5.74, 6) is 0. The second kappa shape index (κ2) is 4.67. The summed E-state index contributed by atoms with van der Waals surface area (Å²) in [4.78, 5) is 5.63. The molecule has 1 N–H and O–H groups in total. The van der Waals surface area contributed by atoms with Gasteiger partial charge in [-0.2, -0.15) is 0 Å². The van der Waals surface area contributed by atoms with E-state index in [0.717, 1.165) is 24.6 Å². The van der Waals surface area contributed by atoms with Crippen molar-refractivity contribution < 1.29 is 4.74 Å². The Bertz CT molecular complexity index is 387. The predicted octanol–water partition coefficient (Wildman–Crippen LogP) is 2.64. The Balaban J connectivity index is 1.51. The summed E-state index contributed by atoms with van der Waals surface area (Å²) in [7, 11) is 0. The van der Waals surface area contributed by atoms with Crippen LogP contribution in [0.5, 0.6) is 0 Å². The van der Waals surface area contributed by atoms with Gasteiger partial charge in [-0.15, -0.1) is 11.3 Å². The van der Waals surface area contributed by atoms with Crippen molar-refractivity contribution in [3.8, 4) is 0 Å². The molecule has 3 rings (SSSR count). The van der Waals surface area contributed by atoms with E-state index in [1.165, 1.54) is 30.6 Å². The van der Waals surface area contributed by atoms with Crippen molar-refractivity contribution in [1.82, 2.24) is 10.3 Å². The van der Waals surface area contributed by atoms with Crippen molar-refractivity contribution in [2.45, 2.75) is 57.2 Å². The van der Waals surface area contributed by atoms with Gasteiger partial charge in [0.2, 0.25) is 0 Å². The molecule has 0 amide bonds. The van der Waals surface area contributed by atoms with Crippen LogP contribution >= 0.6 is 11.3 Å². The molecule has 94 valence electrons. The van der Waals surface area contributed by atoms with Gasteiger partial charge in [0.25, 0.3) is 0 Å². The molecule has 1 aromatic rings. The lowest BCUT2D eigenvalue weighted by Crippen LogP contribution is -2.50. The summed E-state index contributed by atoms with van der Waals surface area (Å²) in [6, 6.07) is 0.631. The highest BCUT2D eigenvalue weighted by Gasteiger charge is 2.42. The van der Waals surface area contributed by atoms with Gasteiger partial charge in [-0.05, 0) is 39.0 Å². The maximum absolute atomic E-state index is 5.94. The molecule has 2 fully saturated rings. The first-order valence-electron chi connectivity index (χ1n) is 6.54. The van der Waals surface area contributed by atoms with Crippen LogP contribution in [0.3, 0.4) is 0 Å². The molecular formula is C13H20N2OS. The Morgan fingerprint density at radius 2 is 2.47 bits per heavy atom. The van der Waals surface area contributed by atoms with Crippen molar-refractivity contribution in [3.05, 3.63) is 16.1 Å². The van der Waals surface area contributed by atoms with Crippen molar-refractivity contribution in [2.24, 2.45) is 0 Å². The predicted molar refractivity (Wildman–Crippen MR) is 69.2 cm³/mol. The molecule has 1 aliphatic carbocycles. The van der Waals surface area contributed by atoms with E-state index in [2.05, 4.69) is 17.2 Å². The van der Waals surface area contributed by atoms with Crippen LogP contribution in [-0.2, 0) is 11.3 Å². The zero-order chi connectivity index (χ0) is 11.7. The third kappa shape index (κ3) is 2.54. The van der Waals surface area contributed by atoms with E-state index in [9.17, 15) is 0 Å². The van der Waals surface area contributed by atoms with Crippen molar-refractivity contribution in [2.75, 3.05) is 6.61 Å². The third-order valence-electron chi connectivity index (χ3n) is 3.99. The lowest BCUT2D eigenvalue weighted by Gasteiger charge is -2.47. The minimum atomic E-state index is 0.250. The van der Waals surface area contributed by atoms with Gasteiger partial charge >= 0.3 is 0 Å². The number of aryl methyl sites for hydroxylation is 1. The van der Waals surface area contributed by atoms with Crippen LogP contribution in [0, 0.1) is 6.92 Å². The van der Waals surface area contributed by atoms with Crippen LogP contribution in [-0.4, -0.2) is 23.2 Å². The molecule has 1 saturated carbocycles. The lowest BCUT2D eigenvalue weighted by atomic mass is 9.74. The number of rotatable bonds is 3. The molecule has 0 aromatic carbocycles. The normalized spacial score (nSPS) is 27.0. The molecule has 17 heavy (non-hydrogen) atoms. The maximum atomic E-state index is 5.94. The fourth-order valence-corrected chi connectivity index (χ4v) is 3.60. The molecular weight excluding hydrogens is 232 g/mol. The van der Waals surface area contributed by atoms with E-state index in [0.29, 0.717) is 6.04 Å². The second-order valence-corrected chi connectivity index (χ2v) is 6.62. The lowest BCUT2D eigenvalue weighted by molar-refractivity contribution is -0.135. The first-order chi connectivity index (χ1) is 8.26. The van der Waals surface area contributed by atoms with Crippen molar-refractivity contribution in [3.63, 3.8) is 0 Å². The van der Waals surface area contributed by atoms with E-state index in [1.54, 1.807) is 11.3 Å². The average molecular weight is 252 g/mol. The highest BCUT2D eigenvalue weighted by molar-refractivity contribution is 7.11. The molecule has 1 saturated heterocycles. The van der Waals surface area contributed by atoms with Crippen LogP contribution in [0.25, 0.3) is 0 Å². The van der Waals surface area contributed by atoms with Gasteiger partial charge in [0.1, 0.15) is 0 Å². The molecule has 3 nitrogen and oxygen atoms in total. The highest BCUT2D eigenvalue weighted by Crippen LogP contribution is 2.42. The average Bonchev–Trinajstić information content (AvgIpc) is 2.71. The molecule has 2 heterocycles. The number of nitrogens with zero attached hydrogens (tertiary/aromatic N) is 1. The Kier molecular flexibility index (Phi) is 3.19. The van der Waals surface area contributed by atoms with E-state index in [4.69, 9.17) is 4.74 Å². The molecule has 0 radical (unpaired) electrons. The summed E-state index contributed by atoms with van der Waals surface area (Å²) >= 11 is 1.79. The van der Waals surface area contributed by atoms with Crippen LogP contribution in [0.15, 0.2) is 6.20 Å². The number of aromatic nitrogens is 1. The van der Waals surface area contributed by atoms with Crippen LogP contribution < -0.4 is 5.32 Å². The first kappa shape index (κ1) is 11.6. The molecule has 1 spiro atoms. The molecule has 1 unspecified atom stereocenters.